The number of carbonyl (C=O) groups is 4. The van der Waals surface area contributed by atoms with E-state index in [2.05, 4.69) is 107 Å². The number of aromatic nitrogens is 10. The number of nitrogens with zero attached hydrogens (tertiary/aromatic N) is 15. The molecule has 16 rings (SSSR count). The van der Waals surface area contributed by atoms with Gasteiger partial charge < -0.3 is 43.4 Å². The van der Waals surface area contributed by atoms with Gasteiger partial charge in [0.05, 0.1) is 90.2 Å². The molecule has 107 heavy (non-hydrogen) atoms. The molecule has 4 aromatic carbocycles. The fraction of sp³-hybridized carbons (Fsp3) is 0.549. The van der Waals surface area contributed by atoms with Crippen LogP contribution in [0, 0.1) is 18.3 Å². The number of carbonyl (C=O) groups excluding carboxylic acids is 3. The summed E-state index contributed by atoms with van der Waals surface area (Å²) in [4.78, 5) is 75.3. The van der Waals surface area contributed by atoms with Crippen LogP contribution in [-0.4, -0.2) is 191 Å². The average Bonchev–Trinajstić information content (AvgIpc) is 1.64. The van der Waals surface area contributed by atoms with E-state index in [4.69, 9.17) is 29.2 Å². The number of hydrogen-bond donors (Lipinski definition) is 3. The van der Waals surface area contributed by atoms with Gasteiger partial charge in [-0.1, -0.05) is 36.8 Å². The highest BCUT2D eigenvalue weighted by atomic mass is 16.6. The van der Waals surface area contributed by atoms with E-state index < -0.39 is 5.97 Å². The molecule has 5 aliphatic heterocycles. The fourth-order valence-corrected chi connectivity index (χ4v) is 18.5. The summed E-state index contributed by atoms with van der Waals surface area (Å²) in [6.45, 7) is 18.8. The van der Waals surface area contributed by atoms with Gasteiger partial charge in [-0.15, -0.1) is 0 Å². The van der Waals surface area contributed by atoms with Crippen LogP contribution >= 0.6 is 0 Å². The van der Waals surface area contributed by atoms with Gasteiger partial charge in [-0.25, -0.2) is 29.3 Å². The normalized spacial score (nSPS) is 21.1. The summed E-state index contributed by atoms with van der Waals surface area (Å²) >= 11 is 0. The highest BCUT2D eigenvalue weighted by Crippen LogP contribution is 2.49. The lowest BCUT2D eigenvalue weighted by molar-refractivity contribution is -0.143. The van der Waals surface area contributed by atoms with E-state index in [0.717, 1.165) is 202 Å². The van der Waals surface area contributed by atoms with Crippen LogP contribution in [-0.2, 0) is 77.2 Å². The smallest absolute Gasteiger partial charge is 0.414 e. The van der Waals surface area contributed by atoms with Gasteiger partial charge in [-0.05, 0) is 196 Å². The van der Waals surface area contributed by atoms with Crippen molar-refractivity contribution < 1.29 is 43.6 Å². The largest absolute Gasteiger partial charge is 0.481 e. The minimum absolute atomic E-state index is 0.0479. The predicted molar refractivity (Wildman–Crippen MR) is 414 cm³/mol. The Morgan fingerprint density at radius 1 is 0.551 bits per heavy atom. The van der Waals surface area contributed by atoms with Crippen molar-refractivity contribution in [3.05, 3.63) is 143 Å². The third-order valence-corrected chi connectivity index (χ3v) is 24.3. The first-order valence-corrected chi connectivity index (χ1v) is 39.2. The molecule has 0 unspecified atom stereocenters. The Bertz CT molecular complexity index is 4580. The lowest BCUT2D eigenvalue weighted by atomic mass is 9.67. The number of methoxy groups -OCH3 is 3. The summed E-state index contributed by atoms with van der Waals surface area (Å²) in [5.41, 5.74) is 15.4. The molecule has 2 saturated carbocycles. The molecule has 0 radical (unpaired) electrons. The zero-order valence-electron chi connectivity index (χ0n) is 63.6. The lowest BCUT2D eigenvalue weighted by Crippen LogP contribution is -2.47. The minimum Gasteiger partial charge on any atom is -0.481 e. The number of carboxylic acids is 1. The molecule has 7 aliphatic rings. The Labute approximate surface area is 627 Å². The lowest BCUT2D eigenvalue weighted by Gasteiger charge is -2.43. The third kappa shape index (κ3) is 15.8. The molecule has 3 amide bonds. The van der Waals surface area contributed by atoms with Crippen LogP contribution in [0.15, 0.2) is 97.6 Å². The van der Waals surface area contributed by atoms with Crippen molar-refractivity contribution in [3.63, 3.8) is 0 Å². The number of β-amino-alcohol motifs (C(OH)–C–C–N with tert-alkyl or cyclic N) is 1. The van der Waals surface area contributed by atoms with E-state index in [1.807, 2.05) is 64.9 Å². The number of anilines is 3. The van der Waals surface area contributed by atoms with Crippen LogP contribution in [0.5, 0.6) is 0 Å². The zero-order chi connectivity index (χ0) is 74.5. The Morgan fingerprint density at radius 3 is 1.61 bits per heavy atom. The van der Waals surface area contributed by atoms with Gasteiger partial charge in [0.2, 0.25) is 0 Å². The minimum atomic E-state index is -0.715. The third-order valence-electron chi connectivity index (χ3n) is 24.3. The van der Waals surface area contributed by atoms with Crippen molar-refractivity contribution in [3.8, 4) is 0 Å². The van der Waals surface area contributed by atoms with E-state index in [-0.39, 0.29) is 55.0 Å². The number of carboxylic acid groups (broad SMARTS) is 1. The maximum atomic E-state index is 12.7. The van der Waals surface area contributed by atoms with Crippen LogP contribution in [0.1, 0.15) is 162 Å². The number of benzene rings is 4. The fourth-order valence-electron chi connectivity index (χ4n) is 18.5. The molecule has 5 atom stereocenters. The summed E-state index contributed by atoms with van der Waals surface area (Å²) in [6, 6.07) is 26.0. The molecular weight excluding hydrogens is 1350 g/mol. The van der Waals surface area contributed by atoms with Crippen molar-refractivity contribution in [1.82, 2.24) is 63.3 Å². The summed E-state index contributed by atoms with van der Waals surface area (Å²) < 4.78 is 26.4. The number of piperidine rings is 1. The number of amides is 3. The van der Waals surface area contributed by atoms with E-state index in [1.54, 1.807) is 16.0 Å². The number of aliphatic hydroxyl groups excluding tert-OH is 1. The predicted octanol–water partition coefficient (Wildman–Crippen LogP) is 12.5. The summed E-state index contributed by atoms with van der Waals surface area (Å²) in [5, 5.41) is 31.3. The number of aliphatic hydroxyl groups is 1. The number of piperazine rings is 1. The second-order valence-corrected chi connectivity index (χ2v) is 30.9. The SMILES string of the molecule is COC(=O)N1c2ccc3c(nc(CCn4cc(C)cn4)n3[C@@H]3CCC[C@@H](C(=O)O)C3)c2CC[C@@H]1C.COC(=O)N1c2ccc3c(nc(CCn4cccn4)n3CCN3CCN(CCO)CC3)c2CC[C@@H]1C.COC(=O)N1c2ccc3c(nc(Cc4ccccc4)n3C3CCC4(CCNCC4)CC3)c2CC[C@@H]1C. The van der Waals surface area contributed by atoms with E-state index in [0.29, 0.717) is 30.8 Å². The standard InChI is InChI=1S/C30H38N4O2.C26H37N7O3.C26H33N5O4/c1-21-8-9-24-25(33(21)29(35)36-2)10-11-26-28(24)32-27(20-22-6-4-3-5-7-22)34(26)23-12-14-30(15-13-23)16-18-31-19-17-30;1-20-4-5-21-22(33(20)26(35)36-2)6-7-23-25(21)28-24(8-11-31-10-3-9-27-31)32(23)17-16-29-12-14-30(15-13-29)18-19-34;1-16-14-27-29(15-16)12-11-23-28-24-20-8-7-17(2)30(26(34)35-3)21(20)9-10-22(24)31(23)19-6-4-5-18(13-19)25(32)33/h3-7,10-11,21,23,31H,8-9,12-20H2,1-2H3;3,6-7,9-10,20,34H,4-5,8,11-19H2,1-2H3;9-10,14-15,17-19H,4-8,11-13H2,1-3H3,(H,32,33)/t21-;20-;17-,18+,19+/m000/s1. The monoisotopic (exact) mass is 1460 g/mol. The molecule has 4 fully saturated rings. The molecule has 25 nitrogen and oxygen atoms in total. The first-order valence-electron chi connectivity index (χ1n) is 39.2. The molecule has 3 N–H and O–H groups in total. The summed E-state index contributed by atoms with van der Waals surface area (Å²) in [5.74, 6) is 2.10. The molecule has 570 valence electrons. The second kappa shape index (κ2) is 33.1. The van der Waals surface area contributed by atoms with Gasteiger partial charge in [-0.2, -0.15) is 10.2 Å². The highest BCUT2D eigenvalue weighted by Gasteiger charge is 2.40. The first-order chi connectivity index (χ1) is 52.0. The first kappa shape index (κ1) is 74.7. The molecule has 9 aromatic rings. The van der Waals surface area contributed by atoms with E-state index >= 15 is 0 Å². The maximum absolute atomic E-state index is 12.7. The Morgan fingerprint density at radius 2 is 1.07 bits per heavy atom. The van der Waals surface area contributed by atoms with Crippen molar-refractivity contribution in [1.29, 1.82) is 0 Å². The van der Waals surface area contributed by atoms with E-state index in [1.165, 1.54) is 89.6 Å². The number of rotatable bonds is 16. The number of ether oxygens (including phenoxy) is 3. The van der Waals surface area contributed by atoms with Gasteiger partial charge in [0.25, 0.3) is 0 Å². The molecule has 5 aromatic heterocycles. The van der Waals surface area contributed by atoms with Crippen molar-refractivity contribution in [2.75, 3.05) is 95.0 Å². The van der Waals surface area contributed by atoms with Gasteiger partial charge in [-0.3, -0.25) is 38.7 Å². The molecule has 1 spiro atoms. The Kier molecular flexibility index (Phi) is 23.1. The number of aryl methyl sites for hydroxylation is 8. The number of aliphatic carboxylic acids is 1. The van der Waals surface area contributed by atoms with E-state index in [9.17, 15) is 29.4 Å². The molecule has 2 aliphatic carbocycles. The molecule has 25 heteroatoms. The van der Waals surface area contributed by atoms with Gasteiger partial charge in [0, 0.05) is 144 Å². The second-order valence-electron chi connectivity index (χ2n) is 30.9. The maximum Gasteiger partial charge on any atom is 0.414 e. The number of nitrogens with one attached hydrogen (secondary N) is 1. The zero-order valence-corrected chi connectivity index (χ0v) is 63.6. The topological polar surface area (TPSA) is 254 Å². The Balaban J connectivity index is 0.000000135. The van der Waals surface area contributed by atoms with Gasteiger partial charge in [0.1, 0.15) is 17.5 Å². The molecule has 0 bridgehead atoms. The molecule has 2 saturated heterocycles. The van der Waals surface area contributed by atoms with Crippen LogP contribution < -0.4 is 20.0 Å². The molecule has 10 heterocycles. The number of imidazole rings is 3. The Hall–Kier alpha value is -9.17. The van der Waals surface area contributed by atoms with Crippen LogP contribution in [0.4, 0.5) is 31.4 Å². The summed E-state index contributed by atoms with van der Waals surface area (Å²) in [6.07, 6.45) is 25.1. The van der Waals surface area contributed by atoms with Crippen molar-refractivity contribution >= 4 is 74.4 Å². The summed E-state index contributed by atoms with van der Waals surface area (Å²) in [7, 11) is 4.31. The van der Waals surface area contributed by atoms with Gasteiger partial charge in [0.15, 0.2) is 0 Å². The molecular formula is C82H108N16O9. The highest BCUT2D eigenvalue weighted by molar-refractivity contribution is 5.98. The van der Waals surface area contributed by atoms with Crippen LogP contribution in [0.3, 0.4) is 0 Å². The van der Waals surface area contributed by atoms with Crippen LogP contribution in [0.2, 0.25) is 0 Å². The number of hydrogen-bond acceptors (Lipinski definition) is 16. The van der Waals surface area contributed by atoms with Crippen molar-refractivity contribution in [2.45, 2.75) is 200 Å². The quantitative estimate of drug-likeness (QED) is 0.0760. The van der Waals surface area contributed by atoms with Crippen LogP contribution in [0.25, 0.3) is 33.1 Å². The number of fused-ring (bicyclic) bond motifs is 9. The van der Waals surface area contributed by atoms with Gasteiger partial charge >= 0.3 is 24.2 Å². The van der Waals surface area contributed by atoms with Crippen molar-refractivity contribution in [2.24, 2.45) is 11.3 Å². The average molecular weight is 1460 g/mol.